The highest BCUT2D eigenvalue weighted by atomic mass is 16.7. The van der Waals surface area contributed by atoms with Gasteiger partial charge in [-0.1, -0.05) is 66.7 Å². The van der Waals surface area contributed by atoms with Gasteiger partial charge in [-0.25, -0.2) is 4.68 Å². The lowest BCUT2D eigenvalue weighted by Crippen LogP contribution is -2.28. The van der Waals surface area contributed by atoms with Crippen molar-refractivity contribution in [2.45, 2.75) is 33.4 Å². The average molecular weight is 424 g/mol. The van der Waals surface area contributed by atoms with Crippen LogP contribution in [0.2, 0.25) is 0 Å². The summed E-state index contributed by atoms with van der Waals surface area (Å²) < 4.78 is 1.48. The minimum absolute atomic E-state index is 0.151. The summed E-state index contributed by atoms with van der Waals surface area (Å²) in [5.74, 6) is 0.457. The molecule has 0 radical (unpaired) electrons. The maximum absolute atomic E-state index is 13.7. The smallest absolute Gasteiger partial charge is 0.279 e. The first kappa shape index (κ1) is 20.2. The fourth-order valence-electron chi connectivity index (χ4n) is 4.43. The van der Waals surface area contributed by atoms with Gasteiger partial charge in [0, 0.05) is 5.69 Å². The molecule has 2 heterocycles. The minimum atomic E-state index is -0.337. The van der Waals surface area contributed by atoms with Gasteiger partial charge >= 0.3 is 0 Å². The van der Waals surface area contributed by atoms with E-state index in [-0.39, 0.29) is 11.9 Å². The van der Waals surface area contributed by atoms with E-state index in [9.17, 15) is 4.79 Å². The van der Waals surface area contributed by atoms with Crippen LogP contribution in [0.15, 0.2) is 90.2 Å². The lowest BCUT2D eigenvalue weighted by molar-refractivity contribution is -0.126. The van der Waals surface area contributed by atoms with Gasteiger partial charge in [0.15, 0.2) is 0 Å². The number of fused-ring (bicyclic) bond motifs is 1. The topological polar surface area (TPSA) is 47.4 Å². The van der Waals surface area contributed by atoms with E-state index in [0.29, 0.717) is 17.9 Å². The largest absolute Gasteiger partial charge is 0.409 e. The number of rotatable bonds is 4. The Kier molecular flexibility index (Phi) is 5.11. The molecule has 0 saturated heterocycles. The van der Waals surface area contributed by atoms with E-state index >= 15 is 0 Å². The standard InChI is InChI=1S/C27H25N3O2/c1-18-15-19(2)30(28-18)27(31)25-20(3)32-29(17-21-9-5-4-6-10-21)26(25)24-14-13-22-11-7-8-12-23(22)16-24/h4-16,26H,17H2,1-3H3/t26-/m1/s1. The molecule has 3 aromatic carbocycles. The molecule has 1 atom stereocenters. The highest BCUT2D eigenvalue weighted by Crippen LogP contribution is 2.40. The summed E-state index contributed by atoms with van der Waals surface area (Å²) in [6, 6.07) is 26.3. The summed E-state index contributed by atoms with van der Waals surface area (Å²) in [7, 11) is 0. The molecule has 0 N–H and O–H groups in total. The molecule has 32 heavy (non-hydrogen) atoms. The molecule has 5 heteroatoms. The van der Waals surface area contributed by atoms with E-state index in [2.05, 4.69) is 47.6 Å². The van der Waals surface area contributed by atoms with Crippen molar-refractivity contribution in [3.63, 3.8) is 0 Å². The first-order valence-corrected chi connectivity index (χ1v) is 10.8. The number of allylic oxidation sites excluding steroid dienone is 1. The summed E-state index contributed by atoms with van der Waals surface area (Å²) in [6.45, 7) is 6.21. The van der Waals surface area contributed by atoms with Crippen LogP contribution < -0.4 is 0 Å². The lowest BCUT2D eigenvalue weighted by atomic mass is 9.95. The van der Waals surface area contributed by atoms with Crippen molar-refractivity contribution in [1.29, 1.82) is 0 Å². The van der Waals surface area contributed by atoms with Crippen LogP contribution in [-0.4, -0.2) is 20.8 Å². The van der Waals surface area contributed by atoms with Crippen LogP contribution in [0.5, 0.6) is 0 Å². The van der Waals surface area contributed by atoms with Gasteiger partial charge < -0.3 is 4.84 Å². The zero-order valence-electron chi connectivity index (χ0n) is 18.4. The molecule has 1 aliphatic rings. The fraction of sp³-hybridized carbons (Fsp3) is 0.185. The van der Waals surface area contributed by atoms with Gasteiger partial charge in [0.2, 0.25) is 0 Å². The molecular weight excluding hydrogens is 398 g/mol. The molecule has 5 nitrogen and oxygen atoms in total. The van der Waals surface area contributed by atoms with Crippen LogP contribution in [0.25, 0.3) is 10.8 Å². The molecule has 1 aromatic heterocycles. The number of aromatic nitrogens is 2. The Morgan fingerprint density at radius 2 is 1.62 bits per heavy atom. The van der Waals surface area contributed by atoms with E-state index in [1.54, 1.807) is 0 Å². The van der Waals surface area contributed by atoms with E-state index in [1.165, 1.54) is 4.68 Å². The number of carbonyl (C=O) groups is 1. The Morgan fingerprint density at radius 1 is 0.906 bits per heavy atom. The van der Waals surface area contributed by atoms with Gasteiger partial charge in [-0.2, -0.15) is 5.10 Å². The van der Waals surface area contributed by atoms with Gasteiger partial charge in [0.1, 0.15) is 11.8 Å². The number of hydroxylamine groups is 2. The summed E-state index contributed by atoms with van der Waals surface area (Å²) in [5.41, 5.74) is 4.37. The van der Waals surface area contributed by atoms with Crippen molar-refractivity contribution in [1.82, 2.24) is 14.8 Å². The maximum atomic E-state index is 13.7. The predicted molar refractivity (Wildman–Crippen MR) is 125 cm³/mol. The van der Waals surface area contributed by atoms with Gasteiger partial charge in [0.05, 0.1) is 17.8 Å². The normalized spacial score (nSPS) is 16.5. The highest BCUT2D eigenvalue weighted by molar-refractivity contribution is 5.97. The van der Waals surface area contributed by atoms with Crippen LogP contribution in [0.4, 0.5) is 0 Å². The molecule has 0 fully saturated rings. The third kappa shape index (κ3) is 3.61. The van der Waals surface area contributed by atoms with Crippen molar-refractivity contribution in [2.75, 3.05) is 0 Å². The van der Waals surface area contributed by atoms with Crippen LogP contribution in [-0.2, 0) is 11.4 Å². The molecule has 1 aliphatic heterocycles. The molecule has 0 aliphatic carbocycles. The molecule has 0 unspecified atom stereocenters. The number of aryl methyl sites for hydroxylation is 2. The SMILES string of the molecule is CC1=C(C(=O)n2nc(C)cc2C)[C@@H](c2ccc3ccccc3c2)N(Cc2ccccc2)O1. The molecule has 0 bridgehead atoms. The molecule has 160 valence electrons. The number of hydrogen-bond donors (Lipinski definition) is 0. The summed E-state index contributed by atoms with van der Waals surface area (Å²) in [5, 5.41) is 8.63. The summed E-state index contributed by atoms with van der Waals surface area (Å²) in [4.78, 5) is 19.9. The van der Waals surface area contributed by atoms with E-state index in [4.69, 9.17) is 4.84 Å². The Bertz CT molecular complexity index is 1340. The molecular formula is C27H25N3O2. The van der Waals surface area contributed by atoms with Crippen molar-refractivity contribution < 1.29 is 9.63 Å². The molecule has 5 rings (SSSR count). The Labute approximate surface area is 187 Å². The predicted octanol–water partition coefficient (Wildman–Crippen LogP) is 5.76. The van der Waals surface area contributed by atoms with Gasteiger partial charge in [-0.05, 0) is 54.8 Å². The van der Waals surface area contributed by atoms with Crippen LogP contribution in [0.3, 0.4) is 0 Å². The second-order valence-electron chi connectivity index (χ2n) is 8.28. The second-order valence-corrected chi connectivity index (χ2v) is 8.28. The van der Waals surface area contributed by atoms with Crippen LogP contribution in [0, 0.1) is 13.8 Å². The summed E-state index contributed by atoms with van der Waals surface area (Å²) >= 11 is 0. The Hall–Kier alpha value is -3.70. The highest BCUT2D eigenvalue weighted by Gasteiger charge is 2.39. The first-order valence-electron chi connectivity index (χ1n) is 10.8. The monoisotopic (exact) mass is 423 g/mol. The summed E-state index contributed by atoms with van der Waals surface area (Å²) in [6.07, 6.45) is 0. The molecule has 0 saturated carbocycles. The van der Waals surface area contributed by atoms with E-state index < -0.39 is 0 Å². The van der Waals surface area contributed by atoms with Crippen molar-refractivity contribution in [3.05, 3.63) is 113 Å². The maximum Gasteiger partial charge on any atom is 0.279 e. The van der Waals surface area contributed by atoms with Crippen molar-refractivity contribution in [3.8, 4) is 0 Å². The zero-order valence-corrected chi connectivity index (χ0v) is 18.4. The average Bonchev–Trinajstić information content (AvgIpc) is 3.31. The Balaban J connectivity index is 1.60. The molecule has 0 amide bonds. The zero-order chi connectivity index (χ0) is 22.2. The van der Waals surface area contributed by atoms with E-state index in [0.717, 1.165) is 33.3 Å². The van der Waals surface area contributed by atoms with Crippen molar-refractivity contribution >= 4 is 16.7 Å². The Morgan fingerprint density at radius 3 is 2.34 bits per heavy atom. The number of hydrogen-bond acceptors (Lipinski definition) is 4. The number of nitrogens with zero attached hydrogens (tertiary/aromatic N) is 3. The van der Waals surface area contributed by atoms with Crippen LogP contribution in [0.1, 0.15) is 40.3 Å². The number of carbonyl (C=O) groups excluding carboxylic acids is 1. The van der Waals surface area contributed by atoms with E-state index in [1.807, 2.05) is 62.2 Å². The van der Waals surface area contributed by atoms with Gasteiger partial charge in [0.25, 0.3) is 5.91 Å². The molecule has 0 spiro atoms. The molecule has 4 aromatic rings. The lowest BCUT2D eigenvalue weighted by Gasteiger charge is -2.25. The third-order valence-corrected chi connectivity index (χ3v) is 5.90. The van der Waals surface area contributed by atoms with Crippen LogP contribution >= 0.6 is 0 Å². The van der Waals surface area contributed by atoms with Crippen molar-refractivity contribution in [2.24, 2.45) is 0 Å². The van der Waals surface area contributed by atoms with Gasteiger partial charge in [-0.3, -0.25) is 4.79 Å². The fourth-order valence-corrected chi connectivity index (χ4v) is 4.43. The first-order chi connectivity index (χ1) is 15.5. The third-order valence-electron chi connectivity index (χ3n) is 5.90. The minimum Gasteiger partial charge on any atom is -0.409 e. The number of benzene rings is 3. The quantitative estimate of drug-likeness (QED) is 0.419. The van der Waals surface area contributed by atoms with Gasteiger partial charge in [-0.15, -0.1) is 5.06 Å². The second kappa shape index (κ2) is 8.09.